The first-order valence-corrected chi connectivity index (χ1v) is 7.20. The van der Waals surface area contributed by atoms with E-state index < -0.39 is 0 Å². The van der Waals surface area contributed by atoms with Crippen molar-refractivity contribution in [1.29, 1.82) is 0 Å². The summed E-state index contributed by atoms with van der Waals surface area (Å²) in [5.41, 5.74) is 7.68. The van der Waals surface area contributed by atoms with Crippen LogP contribution in [0.3, 0.4) is 0 Å². The fourth-order valence-electron chi connectivity index (χ4n) is 2.52. The summed E-state index contributed by atoms with van der Waals surface area (Å²) in [5.74, 6) is 0. The van der Waals surface area contributed by atoms with Gasteiger partial charge in [-0.2, -0.15) is 0 Å². The van der Waals surface area contributed by atoms with Crippen molar-refractivity contribution in [1.82, 2.24) is 15.4 Å². The summed E-state index contributed by atoms with van der Waals surface area (Å²) in [6.45, 7) is 4.25. The average molecular weight is 290 g/mol. The molecule has 0 fully saturated rings. The van der Waals surface area contributed by atoms with Gasteiger partial charge in [0.2, 0.25) is 0 Å². The molecule has 0 aliphatic heterocycles. The minimum absolute atomic E-state index is 0.818. The molecule has 2 aromatic carbocycles. The lowest BCUT2D eigenvalue weighted by molar-refractivity contribution is 0.940. The first-order chi connectivity index (χ1) is 10.7. The van der Waals surface area contributed by atoms with Gasteiger partial charge in [-0.25, -0.2) is 0 Å². The van der Waals surface area contributed by atoms with Crippen LogP contribution in [0.1, 0.15) is 16.8 Å². The molecule has 0 unspecified atom stereocenters. The molecule has 3 rings (SSSR count). The number of rotatable bonds is 3. The third-order valence-electron chi connectivity index (χ3n) is 3.70. The molecule has 3 aromatic rings. The van der Waals surface area contributed by atoms with E-state index in [2.05, 4.69) is 76.7 Å². The molecule has 4 nitrogen and oxygen atoms in total. The van der Waals surface area contributed by atoms with Crippen LogP contribution in [0.15, 0.2) is 47.5 Å². The van der Waals surface area contributed by atoms with E-state index in [-0.39, 0.29) is 0 Å². The topological polar surface area (TPSA) is 53.9 Å². The van der Waals surface area contributed by atoms with E-state index in [4.69, 9.17) is 0 Å². The highest BCUT2D eigenvalue weighted by molar-refractivity contribution is 5.86. The standard InChI is InChI=1S/C18H18N4/c1-12-4-5-13(2)16(10-12)14-6-8-15(9-7-14)18-17(11-19-3)20-22-21-18/h4-11H,1-3H3,(H,20,21,22)/b19-11+. The van der Waals surface area contributed by atoms with Crippen molar-refractivity contribution in [3.8, 4) is 22.4 Å². The molecule has 0 spiro atoms. The van der Waals surface area contributed by atoms with Crippen molar-refractivity contribution in [3.05, 3.63) is 59.3 Å². The summed E-state index contributed by atoms with van der Waals surface area (Å²) in [7, 11) is 1.73. The normalized spacial score (nSPS) is 11.2. The molecular formula is C18H18N4. The van der Waals surface area contributed by atoms with Crippen molar-refractivity contribution >= 4 is 6.21 Å². The highest BCUT2D eigenvalue weighted by Gasteiger charge is 2.09. The van der Waals surface area contributed by atoms with Crippen LogP contribution in [0.25, 0.3) is 22.4 Å². The number of aryl methyl sites for hydroxylation is 2. The fraction of sp³-hybridized carbons (Fsp3) is 0.167. The summed E-state index contributed by atoms with van der Waals surface area (Å²) >= 11 is 0. The molecule has 22 heavy (non-hydrogen) atoms. The van der Waals surface area contributed by atoms with Gasteiger partial charge in [-0.05, 0) is 30.5 Å². The third kappa shape index (κ3) is 2.68. The summed E-state index contributed by atoms with van der Waals surface area (Å²) in [6, 6.07) is 14.9. The second-order valence-corrected chi connectivity index (χ2v) is 5.36. The molecule has 4 heteroatoms. The Bertz CT molecular complexity index is 813. The predicted molar refractivity (Wildman–Crippen MR) is 90.2 cm³/mol. The quantitative estimate of drug-likeness (QED) is 0.746. The molecule has 1 heterocycles. The molecule has 0 amide bonds. The van der Waals surface area contributed by atoms with E-state index in [1.165, 1.54) is 22.3 Å². The minimum atomic E-state index is 0.818. The molecule has 0 radical (unpaired) electrons. The Balaban J connectivity index is 1.99. The van der Waals surface area contributed by atoms with Crippen molar-refractivity contribution in [2.24, 2.45) is 4.99 Å². The largest absolute Gasteiger partial charge is 0.294 e. The van der Waals surface area contributed by atoms with Gasteiger partial charge < -0.3 is 0 Å². The zero-order valence-electron chi connectivity index (χ0n) is 13.0. The zero-order valence-corrected chi connectivity index (χ0v) is 13.0. The molecule has 110 valence electrons. The highest BCUT2D eigenvalue weighted by Crippen LogP contribution is 2.27. The number of nitrogens with one attached hydrogen (secondary N) is 1. The van der Waals surface area contributed by atoms with Gasteiger partial charge in [0.25, 0.3) is 0 Å². The summed E-state index contributed by atoms with van der Waals surface area (Å²) in [6.07, 6.45) is 1.73. The minimum Gasteiger partial charge on any atom is -0.294 e. The summed E-state index contributed by atoms with van der Waals surface area (Å²) in [4.78, 5) is 4.01. The van der Waals surface area contributed by atoms with Crippen LogP contribution in [0.2, 0.25) is 0 Å². The Kier molecular flexibility index (Phi) is 3.83. The van der Waals surface area contributed by atoms with Crippen LogP contribution in [-0.4, -0.2) is 28.7 Å². The number of aromatic nitrogens is 3. The van der Waals surface area contributed by atoms with Gasteiger partial charge in [0.1, 0.15) is 11.4 Å². The van der Waals surface area contributed by atoms with Gasteiger partial charge in [0.05, 0.1) is 0 Å². The van der Waals surface area contributed by atoms with Gasteiger partial charge >= 0.3 is 0 Å². The van der Waals surface area contributed by atoms with Gasteiger partial charge in [0, 0.05) is 18.8 Å². The van der Waals surface area contributed by atoms with E-state index in [9.17, 15) is 0 Å². The zero-order chi connectivity index (χ0) is 15.5. The Morgan fingerprint density at radius 2 is 1.73 bits per heavy atom. The Morgan fingerprint density at radius 3 is 2.45 bits per heavy atom. The highest BCUT2D eigenvalue weighted by atomic mass is 15.3. The summed E-state index contributed by atoms with van der Waals surface area (Å²) < 4.78 is 0. The monoisotopic (exact) mass is 290 g/mol. The average Bonchev–Trinajstić information content (AvgIpc) is 2.99. The number of H-pyrrole nitrogens is 1. The maximum atomic E-state index is 4.14. The van der Waals surface area contributed by atoms with Crippen LogP contribution >= 0.6 is 0 Å². The first kappa shape index (κ1) is 14.2. The Hall–Kier alpha value is -2.75. The number of hydrogen-bond acceptors (Lipinski definition) is 3. The van der Waals surface area contributed by atoms with Crippen LogP contribution < -0.4 is 0 Å². The second-order valence-electron chi connectivity index (χ2n) is 5.36. The van der Waals surface area contributed by atoms with Crippen molar-refractivity contribution < 1.29 is 0 Å². The SMILES string of the molecule is C/N=C/c1[nH]nnc1-c1ccc(-c2cc(C)ccc2C)cc1. The predicted octanol–water partition coefficient (Wildman–Crippen LogP) is 3.80. The second kappa shape index (κ2) is 5.93. The van der Waals surface area contributed by atoms with E-state index in [1.54, 1.807) is 13.3 Å². The molecule has 0 bridgehead atoms. The lowest BCUT2D eigenvalue weighted by Gasteiger charge is -2.08. The smallest absolute Gasteiger partial charge is 0.121 e. The molecule has 0 aliphatic rings. The number of hydrogen-bond donors (Lipinski definition) is 1. The van der Waals surface area contributed by atoms with Crippen LogP contribution in [-0.2, 0) is 0 Å². The van der Waals surface area contributed by atoms with Gasteiger partial charge in [0.15, 0.2) is 0 Å². The molecule has 1 aromatic heterocycles. The van der Waals surface area contributed by atoms with E-state index in [1.807, 2.05) is 0 Å². The van der Waals surface area contributed by atoms with Crippen LogP contribution in [0.5, 0.6) is 0 Å². The van der Waals surface area contributed by atoms with E-state index in [0.29, 0.717) is 0 Å². The van der Waals surface area contributed by atoms with Crippen LogP contribution in [0, 0.1) is 13.8 Å². The molecule has 1 N–H and O–H groups in total. The van der Waals surface area contributed by atoms with Crippen molar-refractivity contribution in [2.45, 2.75) is 13.8 Å². The molecular weight excluding hydrogens is 272 g/mol. The molecule has 0 atom stereocenters. The lowest BCUT2D eigenvalue weighted by atomic mass is 9.97. The Labute approximate surface area is 129 Å². The molecule has 0 saturated carbocycles. The van der Waals surface area contributed by atoms with E-state index >= 15 is 0 Å². The van der Waals surface area contributed by atoms with Crippen molar-refractivity contribution in [3.63, 3.8) is 0 Å². The number of aliphatic imine (C=N–C) groups is 1. The summed E-state index contributed by atoms with van der Waals surface area (Å²) in [5, 5.41) is 10.9. The third-order valence-corrected chi connectivity index (χ3v) is 3.70. The van der Waals surface area contributed by atoms with Gasteiger partial charge in [-0.15, -0.1) is 5.10 Å². The maximum absolute atomic E-state index is 4.14. The lowest BCUT2D eigenvalue weighted by Crippen LogP contribution is -1.88. The van der Waals surface area contributed by atoms with Gasteiger partial charge in [-0.3, -0.25) is 10.1 Å². The van der Waals surface area contributed by atoms with Gasteiger partial charge in [-0.1, -0.05) is 53.2 Å². The van der Waals surface area contributed by atoms with E-state index in [0.717, 1.165) is 17.0 Å². The van der Waals surface area contributed by atoms with Crippen molar-refractivity contribution in [2.75, 3.05) is 7.05 Å². The number of aromatic amines is 1. The van der Waals surface area contributed by atoms with Crippen LogP contribution in [0.4, 0.5) is 0 Å². The number of benzene rings is 2. The maximum Gasteiger partial charge on any atom is 0.121 e. The fourth-order valence-corrected chi connectivity index (χ4v) is 2.52. The molecule has 0 saturated heterocycles. The number of nitrogens with zero attached hydrogens (tertiary/aromatic N) is 3. The first-order valence-electron chi connectivity index (χ1n) is 7.20. The Morgan fingerprint density at radius 1 is 1.00 bits per heavy atom. The molecule has 0 aliphatic carbocycles.